The fraction of sp³-hybridized carbons (Fsp3) is 0.412. The second-order valence-corrected chi connectivity index (χ2v) is 6.32. The quantitative estimate of drug-likeness (QED) is 0.787. The van der Waals surface area contributed by atoms with E-state index in [1.807, 2.05) is 51.0 Å². The summed E-state index contributed by atoms with van der Waals surface area (Å²) in [7, 11) is 3.77. The van der Waals surface area contributed by atoms with Crippen LogP contribution in [0.15, 0.2) is 18.2 Å². The molecule has 1 aromatic heterocycles. The van der Waals surface area contributed by atoms with E-state index in [4.69, 9.17) is 14.6 Å². The average Bonchev–Trinajstić information content (AvgIpc) is 2.93. The first-order chi connectivity index (χ1) is 11.5. The lowest BCUT2D eigenvalue weighted by Gasteiger charge is -2.12. The number of hydrogen-bond donors (Lipinski definition) is 1. The summed E-state index contributed by atoms with van der Waals surface area (Å²) in [5, 5.41) is 9.93. The second-order valence-electron chi connectivity index (χ2n) is 5.26. The number of hydrogen-bond acceptors (Lipinski definition) is 6. The highest BCUT2D eigenvalue weighted by Gasteiger charge is 2.18. The number of ether oxygens (including phenoxy) is 2. The summed E-state index contributed by atoms with van der Waals surface area (Å²) in [6.45, 7) is 4.89. The minimum atomic E-state index is -0.874. The third-order valence-electron chi connectivity index (χ3n) is 3.20. The van der Waals surface area contributed by atoms with Gasteiger partial charge in [-0.05, 0) is 32.0 Å². The van der Waals surface area contributed by atoms with Crippen molar-refractivity contribution < 1.29 is 19.4 Å². The lowest BCUT2D eigenvalue weighted by molar-refractivity contribution is -0.136. The Morgan fingerprint density at radius 1 is 1.21 bits per heavy atom. The summed E-state index contributed by atoms with van der Waals surface area (Å²) in [5.74, 6) is 0.435. The van der Waals surface area contributed by atoms with Gasteiger partial charge in [-0.15, -0.1) is 11.3 Å². The summed E-state index contributed by atoms with van der Waals surface area (Å²) >= 11 is 1.39. The summed E-state index contributed by atoms with van der Waals surface area (Å²) in [6.07, 6.45) is -0.0575. The van der Waals surface area contributed by atoms with Crippen LogP contribution in [0.25, 0.3) is 11.3 Å². The molecule has 7 heteroatoms. The SMILES string of the molecule is CCOc1ccc(-c2nc(N(C)C)sc2CC(=O)O)cc1OCC. The summed E-state index contributed by atoms with van der Waals surface area (Å²) in [4.78, 5) is 18.3. The van der Waals surface area contributed by atoms with Gasteiger partial charge in [-0.2, -0.15) is 0 Å². The van der Waals surface area contributed by atoms with Gasteiger partial charge in [0.25, 0.3) is 0 Å². The molecule has 0 aliphatic heterocycles. The fourth-order valence-electron chi connectivity index (χ4n) is 2.21. The minimum Gasteiger partial charge on any atom is -0.490 e. The van der Waals surface area contributed by atoms with Crippen molar-refractivity contribution in [2.45, 2.75) is 20.3 Å². The molecule has 0 bridgehead atoms. The smallest absolute Gasteiger partial charge is 0.308 e. The molecule has 0 saturated heterocycles. The highest BCUT2D eigenvalue weighted by atomic mass is 32.1. The zero-order valence-electron chi connectivity index (χ0n) is 14.3. The molecule has 1 N–H and O–H groups in total. The highest BCUT2D eigenvalue weighted by Crippen LogP contribution is 2.37. The van der Waals surface area contributed by atoms with Crippen LogP contribution in [0.5, 0.6) is 11.5 Å². The Labute approximate surface area is 145 Å². The van der Waals surface area contributed by atoms with E-state index in [0.717, 1.165) is 15.6 Å². The van der Waals surface area contributed by atoms with Gasteiger partial charge in [0, 0.05) is 24.5 Å². The van der Waals surface area contributed by atoms with Crippen molar-refractivity contribution in [2.75, 3.05) is 32.2 Å². The van der Waals surface area contributed by atoms with E-state index < -0.39 is 5.97 Å². The van der Waals surface area contributed by atoms with Crippen molar-refractivity contribution in [3.8, 4) is 22.8 Å². The van der Waals surface area contributed by atoms with Crippen molar-refractivity contribution >= 4 is 22.4 Å². The third kappa shape index (κ3) is 4.17. The molecule has 0 saturated carbocycles. The molecule has 2 aromatic rings. The van der Waals surface area contributed by atoms with Gasteiger partial charge in [0.2, 0.25) is 0 Å². The molecule has 0 spiro atoms. The van der Waals surface area contributed by atoms with E-state index in [9.17, 15) is 4.79 Å². The average molecular weight is 350 g/mol. The molecule has 2 rings (SSSR count). The molecule has 0 unspecified atom stereocenters. The number of anilines is 1. The van der Waals surface area contributed by atoms with E-state index in [1.165, 1.54) is 11.3 Å². The van der Waals surface area contributed by atoms with Crippen LogP contribution < -0.4 is 14.4 Å². The normalized spacial score (nSPS) is 10.5. The molecule has 0 atom stereocenters. The number of aliphatic carboxylic acids is 1. The Hall–Kier alpha value is -2.28. The molecule has 0 aliphatic carbocycles. The Kier molecular flexibility index (Phi) is 6.03. The number of carboxylic acid groups (broad SMARTS) is 1. The first kappa shape index (κ1) is 18.1. The number of carbonyl (C=O) groups is 1. The third-order valence-corrected chi connectivity index (χ3v) is 4.42. The Bertz CT molecular complexity index is 713. The standard InChI is InChI=1S/C17H22N2O4S/c1-5-22-12-8-7-11(9-13(12)23-6-2)16-14(10-15(20)21)24-17(18-16)19(3)4/h7-9H,5-6,10H2,1-4H3,(H,20,21). The Morgan fingerprint density at radius 2 is 1.88 bits per heavy atom. The number of nitrogens with zero attached hydrogens (tertiary/aromatic N) is 2. The molecule has 1 heterocycles. The van der Waals surface area contributed by atoms with Crippen LogP contribution in [0.3, 0.4) is 0 Å². The molecule has 24 heavy (non-hydrogen) atoms. The van der Waals surface area contributed by atoms with Gasteiger partial charge < -0.3 is 19.5 Å². The molecule has 0 aliphatic rings. The number of carboxylic acids is 1. The van der Waals surface area contributed by atoms with E-state index in [2.05, 4.69) is 4.98 Å². The molecule has 6 nitrogen and oxygen atoms in total. The maximum absolute atomic E-state index is 11.2. The fourth-order valence-corrected chi connectivity index (χ4v) is 3.21. The van der Waals surface area contributed by atoms with E-state index in [1.54, 1.807) is 0 Å². The molecule has 1 aromatic carbocycles. The molecular weight excluding hydrogens is 328 g/mol. The zero-order chi connectivity index (χ0) is 17.7. The van der Waals surface area contributed by atoms with Crippen molar-refractivity contribution in [1.29, 1.82) is 0 Å². The van der Waals surface area contributed by atoms with Gasteiger partial charge in [-0.25, -0.2) is 4.98 Å². The largest absolute Gasteiger partial charge is 0.490 e. The molecular formula is C17H22N2O4S. The van der Waals surface area contributed by atoms with Gasteiger partial charge >= 0.3 is 5.97 Å². The highest BCUT2D eigenvalue weighted by molar-refractivity contribution is 7.16. The number of rotatable bonds is 8. The van der Waals surface area contributed by atoms with Crippen molar-refractivity contribution in [3.63, 3.8) is 0 Å². The number of thiazole rings is 1. The first-order valence-corrected chi connectivity index (χ1v) is 8.56. The van der Waals surface area contributed by atoms with Gasteiger partial charge in [-0.3, -0.25) is 4.79 Å². The van der Waals surface area contributed by atoms with E-state index >= 15 is 0 Å². The molecule has 0 amide bonds. The van der Waals surface area contributed by atoms with E-state index in [0.29, 0.717) is 30.4 Å². The summed E-state index contributed by atoms with van der Waals surface area (Å²) < 4.78 is 11.2. The minimum absolute atomic E-state index is 0.0575. The van der Waals surface area contributed by atoms with Gasteiger partial charge in [-0.1, -0.05) is 0 Å². The summed E-state index contributed by atoms with van der Waals surface area (Å²) in [5.41, 5.74) is 1.50. The molecule has 0 fully saturated rings. The van der Waals surface area contributed by atoms with Gasteiger partial charge in [0.1, 0.15) is 0 Å². The van der Waals surface area contributed by atoms with Crippen LogP contribution in [0, 0.1) is 0 Å². The van der Waals surface area contributed by atoms with Crippen LogP contribution >= 0.6 is 11.3 Å². The van der Waals surface area contributed by atoms with Gasteiger partial charge in [0.05, 0.1) is 25.3 Å². The first-order valence-electron chi connectivity index (χ1n) is 7.75. The Morgan fingerprint density at radius 3 is 2.46 bits per heavy atom. The molecule has 130 valence electrons. The van der Waals surface area contributed by atoms with Crippen LogP contribution in [0.2, 0.25) is 0 Å². The number of benzene rings is 1. The maximum atomic E-state index is 11.2. The van der Waals surface area contributed by atoms with Crippen LogP contribution in [0.1, 0.15) is 18.7 Å². The maximum Gasteiger partial charge on any atom is 0.308 e. The predicted molar refractivity (Wildman–Crippen MR) is 95.6 cm³/mol. The summed E-state index contributed by atoms with van der Waals surface area (Å²) in [6, 6.07) is 5.57. The lowest BCUT2D eigenvalue weighted by atomic mass is 10.1. The predicted octanol–water partition coefficient (Wildman–Crippen LogP) is 3.30. The monoisotopic (exact) mass is 350 g/mol. The zero-order valence-corrected chi connectivity index (χ0v) is 15.1. The lowest BCUT2D eigenvalue weighted by Crippen LogP contribution is -2.07. The second kappa shape index (κ2) is 8.01. The van der Waals surface area contributed by atoms with Gasteiger partial charge in [0.15, 0.2) is 16.6 Å². The number of aromatic nitrogens is 1. The van der Waals surface area contributed by atoms with E-state index in [-0.39, 0.29) is 6.42 Å². The van der Waals surface area contributed by atoms with Crippen molar-refractivity contribution in [1.82, 2.24) is 4.98 Å². The Balaban J connectivity index is 2.49. The topological polar surface area (TPSA) is 71.9 Å². The van der Waals surface area contributed by atoms with Crippen molar-refractivity contribution in [3.05, 3.63) is 23.1 Å². The van der Waals surface area contributed by atoms with Crippen LogP contribution in [0.4, 0.5) is 5.13 Å². The molecule has 0 radical (unpaired) electrons. The van der Waals surface area contributed by atoms with Crippen LogP contribution in [-0.2, 0) is 11.2 Å². The van der Waals surface area contributed by atoms with Crippen molar-refractivity contribution in [2.24, 2.45) is 0 Å². The van der Waals surface area contributed by atoms with Crippen LogP contribution in [-0.4, -0.2) is 43.4 Å².